The van der Waals surface area contributed by atoms with Crippen LogP contribution in [0.15, 0.2) is 53.5 Å². The van der Waals surface area contributed by atoms with Crippen molar-refractivity contribution in [2.75, 3.05) is 18.9 Å². The Kier molecular flexibility index (Phi) is 7.39. The number of hydrogen-bond donors (Lipinski definition) is 1. The fourth-order valence-corrected chi connectivity index (χ4v) is 5.32. The summed E-state index contributed by atoms with van der Waals surface area (Å²) >= 11 is 3.09. The number of aliphatic imine (C=N–C) groups is 1. The minimum absolute atomic E-state index is 0.0181. The molecule has 1 unspecified atom stereocenters. The van der Waals surface area contributed by atoms with Gasteiger partial charge in [-0.25, -0.2) is 4.99 Å². The summed E-state index contributed by atoms with van der Waals surface area (Å²) in [5.74, 6) is 0.575. The zero-order chi connectivity index (χ0) is 20.8. The molecular formula is C22H25N3O2S2. The molecule has 0 radical (unpaired) electrons. The number of likely N-dealkylation sites (N-methyl/N-ethyl adjacent to an activating group) is 1. The molecule has 0 saturated heterocycles. The van der Waals surface area contributed by atoms with Gasteiger partial charge in [-0.3, -0.25) is 9.59 Å². The highest BCUT2D eigenvalue weighted by Gasteiger charge is 2.24. The SMILES string of the molecule is CCc1ccccc1NC(=O)CN(C)C(=O)C(C)SC1=Nc2ccccc2CS1. The van der Waals surface area contributed by atoms with Crippen LogP contribution in [0.1, 0.15) is 25.0 Å². The van der Waals surface area contributed by atoms with E-state index in [4.69, 9.17) is 0 Å². The number of carbonyl (C=O) groups excluding carboxylic acids is 2. The fraction of sp³-hybridized carbons (Fsp3) is 0.318. The first-order valence-electron chi connectivity index (χ1n) is 9.56. The summed E-state index contributed by atoms with van der Waals surface area (Å²) in [5.41, 5.74) is 4.05. The van der Waals surface area contributed by atoms with Crippen LogP contribution >= 0.6 is 23.5 Å². The summed E-state index contributed by atoms with van der Waals surface area (Å²) in [4.78, 5) is 31.3. The molecule has 152 valence electrons. The van der Waals surface area contributed by atoms with Crippen LogP contribution in [0.25, 0.3) is 0 Å². The van der Waals surface area contributed by atoms with Gasteiger partial charge in [-0.05, 0) is 36.6 Å². The topological polar surface area (TPSA) is 61.8 Å². The number of anilines is 1. The third-order valence-electron chi connectivity index (χ3n) is 4.61. The Labute approximate surface area is 180 Å². The van der Waals surface area contributed by atoms with Crippen molar-refractivity contribution in [3.8, 4) is 0 Å². The second-order valence-electron chi connectivity index (χ2n) is 6.81. The Balaban J connectivity index is 1.55. The largest absolute Gasteiger partial charge is 0.335 e. The number of benzene rings is 2. The summed E-state index contributed by atoms with van der Waals surface area (Å²) in [7, 11) is 1.66. The van der Waals surface area contributed by atoms with Crippen LogP contribution in [-0.4, -0.2) is 39.9 Å². The Morgan fingerprint density at radius 3 is 2.72 bits per heavy atom. The number of thioether (sulfide) groups is 2. The molecule has 5 nitrogen and oxygen atoms in total. The number of carbonyl (C=O) groups is 2. The maximum atomic E-state index is 12.7. The summed E-state index contributed by atoms with van der Waals surface area (Å²) in [6.45, 7) is 3.92. The van der Waals surface area contributed by atoms with Crippen LogP contribution in [0.5, 0.6) is 0 Å². The highest BCUT2D eigenvalue weighted by molar-refractivity contribution is 8.39. The van der Waals surface area contributed by atoms with Crippen LogP contribution in [0.2, 0.25) is 0 Å². The zero-order valence-corrected chi connectivity index (χ0v) is 18.5. The van der Waals surface area contributed by atoms with E-state index in [2.05, 4.69) is 16.4 Å². The van der Waals surface area contributed by atoms with Gasteiger partial charge in [0, 0.05) is 18.5 Å². The van der Waals surface area contributed by atoms with Crippen molar-refractivity contribution in [2.24, 2.45) is 4.99 Å². The third kappa shape index (κ3) is 5.64. The Bertz CT molecular complexity index is 930. The maximum absolute atomic E-state index is 12.7. The van der Waals surface area contributed by atoms with Gasteiger partial charge in [0.25, 0.3) is 0 Å². The first-order chi connectivity index (χ1) is 14.0. The number of amides is 2. The predicted octanol–water partition coefficient (Wildman–Crippen LogP) is 4.70. The van der Waals surface area contributed by atoms with Crippen molar-refractivity contribution in [1.82, 2.24) is 4.90 Å². The predicted molar refractivity (Wildman–Crippen MR) is 124 cm³/mol. The second-order valence-corrected chi connectivity index (χ2v) is 9.36. The van der Waals surface area contributed by atoms with E-state index in [1.807, 2.05) is 56.3 Å². The molecule has 29 heavy (non-hydrogen) atoms. The molecule has 1 heterocycles. The summed E-state index contributed by atoms with van der Waals surface area (Å²) in [6, 6.07) is 15.8. The van der Waals surface area contributed by atoms with Crippen LogP contribution in [-0.2, 0) is 21.8 Å². The molecule has 0 aromatic heterocycles. The second kappa shape index (κ2) is 9.98. The number of nitrogens with zero attached hydrogens (tertiary/aromatic N) is 2. The Morgan fingerprint density at radius 2 is 1.93 bits per heavy atom. The molecule has 2 aromatic rings. The smallest absolute Gasteiger partial charge is 0.243 e. The van der Waals surface area contributed by atoms with Crippen molar-refractivity contribution in [2.45, 2.75) is 31.3 Å². The quantitative estimate of drug-likeness (QED) is 0.726. The van der Waals surface area contributed by atoms with Crippen molar-refractivity contribution in [3.05, 3.63) is 59.7 Å². The molecule has 2 amide bonds. The van der Waals surface area contributed by atoms with Gasteiger partial charge in [-0.1, -0.05) is 66.8 Å². The maximum Gasteiger partial charge on any atom is 0.243 e. The van der Waals surface area contributed by atoms with E-state index in [9.17, 15) is 9.59 Å². The molecule has 3 rings (SSSR count). The Hall–Kier alpha value is -2.25. The molecule has 7 heteroatoms. The van der Waals surface area contributed by atoms with Gasteiger partial charge in [-0.2, -0.15) is 0 Å². The van der Waals surface area contributed by atoms with Crippen LogP contribution < -0.4 is 5.32 Å². The van der Waals surface area contributed by atoms with E-state index in [0.29, 0.717) is 0 Å². The lowest BCUT2D eigenvalue weighted by Crippen LogP contribution is -2.39. The molecule has 0 aliphatic carbocycles. The molecule has 1 aliphatic rings. The van der Waals surface area contributed by atoms with E-state index in [1.54, 1.807) is 18.8 Å². The van der Waals surface area contributed by atoms with Gasteiger partial charge in [-0.15, -0.1) is 0 Å². The molecule has 1 N–H and O–H groups in total. The minimum atomic E-state index is -0.313. The van der Waals surface area contributed by atoms with Gasteiger partial charge in [0.15, 0.2) is 0 Å². The molecular weight excluding hydrogens is 402 g/mol. The molecule has 0 fully saturated rings. The van der Waals surface area contributed by atoms with Crippen molar-refractivity contribution >= 4 is 51.1 Å². The molecule has 0 spiro atoms. The van der Waals surface area contributed by atoms with E-state index >= 15 is 0 Å². The van der Waals surface area contributed by atoms with Crippen molar-refractivity contribution < 1.29 is 9.59 Å². The summed E-state index contributed by atoms with van der Waals surface area (Å²) < 4.78 is 0.888. The first-order valence-corrected chi connectivity index (χ1v) is 11.4. The highest BCUT2D eigenvalue weighted by Crippen LogP contribution is 2.36. The zero-order valence-electron chi connectivity index (χ0n) is 16.8. The van der Waals surface area contributed by atoms with Gasteiger partial charge < -0.3 is 10.2 Å². The first kappa shape index (κ1) is 21.5. The number of nitrogens with one attached hydrogen (secondary N) is 1. The molecule has 0 saturated carbocycles. The number of hydrogen-bond acceptors (Lipinski definition) is 5. The van der Waals surface area contributed by atoms with E-state index in [-0.39, 0.29) is 23.6 Å². The van der Waals surface area contributed by atoms with Crippen LogP contribution in [0.3, 0.4) is 0 Å². The molecule has 1 aliphatic heterocycles. The van der Waals surface area contributed by atoms with E-state index in [1.165, 1.54) is 22.2 Å². The number of para-hydroxylation sites is 2. The fourth-order valence-electron chi connectivity index (χ4n) is 3.02. The van der Waals surface area contributed by atoms with E-state index < -0.39 is 0 Å². The standard InChI is InChI=1S/C22H25N3O2S2/c1-4-16-9-5-7-11-18(16)23-20(26)13-25(3)21(27)15(2)29-22-24-19-12-8-6-10-17(19)14-28-22/h5-12,15H,4,13-14H2,1-3H3,(H,23,26). The van der Waals surface area contributed by atoms with Gasteiger partial charge in [0.05, 0.1) is 17.5 Å². The van der Waals surface area contributed by atoms with Crippen LogP contribution in [0, 0.1) is 0 Å². The lowest BCUT2D eigenvalue weighted by atomic mass is 10.1. The normalized spacial score (nSPS) is 13.8. The lowest BCUT2D eigenvalue weighted by Gasteiger charge is -2.22. The Morgan fingerprint density at radius 1 is 1.21 bits per heavy atom. The highest BCUT2D eigenvalue weighted by atomic mass is 32.2. The summed E-state index contributed by atoms with van der Waals surface area (Å²) in [6.07, 6.45) is 0.835. The van der Waals surface area contributed by atoms with Crippen molar-refractivity contribution in [1.29, 1.82) is 0 Å². The average Bonchev–Trinajstić information content (AvgIpc) is 2.73. The van der Waals surface area contributed by atoms with Crippen molar-refractivity contribution in [3.63, 3.8) is 0 Å². The number of fused-ring (bicyclic) bond motifs is 1. The van der Waals surface area contributed by atoms with E-state index in [0.717, 1.165) is 33.5 Å². The number of rotatable bonds is 6. The molecule has 1 atom stereocenters. The van der Waals surface area contributed by atoms with Gasteiger partial charge in [0.1, 0.15) is 4.38 Å². The monoisotopic (exact) mass is 427 g/mol. The summed E-state index contributed by atoms with van der Waals surface area (Å²) in [5, 5.41) is 2.60. The minimum Gasteiger partial charge on any atom is -0.335 e. The van der Waals surface area contributed by atoms with Gasteiger partial charge >= 0.3 is 0 Å². The molecule has 0 bridgehead atoms. The number of aryl methyl sites for hydroxylation is 1. The average molecular weight is 428 g/mol. The third-order valence-corrected chi connectivity index (χ3v) is 6.89. The molecule has 2 aromatic carbocycles. The van der Waals surface area contributed by atoms with Gasteiger partial charge in [0.2, 0.25) is 11.8 Å². The van der Waals surface area contributed by atoms with Crippen LogP contribution in [0.4, 0.5) is 11.4 Å². The lowest BCUT2D eigenvalue weighted by molar-refractivity contribution is -0.132.